The molecule has 0 unspecified atom stereocenters. The summed E-state index contributed by atoms with van der Waals surface area (Å²) in [7, 11) is 3.67. The highest BCUT2D eigenvalue weighted by Crippen LogP contribution is 2.40. The summed E-state index contributed by atoms with van der Waals surface area (Å²) in [6, 6.07) is 6.40. The molecule has 3 N–H and O–H groups in total. The number of nitrogens with one attached hydrogen (secondary N) is 1. The number of benzene rings is 1. The van der Waals surface area contributed by atoms with E-state index in [9.17, 15) is 9.18 Å². The fourth-order valence-corrected chi connectivity index (χ4v) is 4.15. The Morgan fingerprint density at radius 1 is 1.26 bits per heavy atom. The highest BCUT2D eigenvalue weighted by molar-refractivity contribution is 5.96. The zero-order chi connectivity index (χ0) is 21.9. The number of nitrogens with two attached hydrogens (primary N) is 1. The summed E-state index contributed by atoms with van der Waals surface area (Å²) in [6.45, 7) is 2.14. The number of carbonyl (C=O) groups excluding carboxylic acids is 1. The van der Waals surface area contributed by atoms with Gasteiger partial charge in [0.25, 0.3) is 5.91 Å². The van der Waals surface area contributed by atoms with E-state index in [2.05, 4.69) is 15.5 Å². The number of nitrogens with zero attached hydrogens (tertiary/aromatic N) is 4. The fourth-order valence-electron chi connectivity index (χ4n) is 4.15. The molecule has 1 aliphatic carbocycles. The number of anilines is 1. The summed E-state index contributed by atoms with van der Waals surface area (Å²) >= 11 is 0. The molecule has 5 rings (SSSR count). The lowest BCUT2D eigenvalue weighted by Gasteiger charge is -2.25. The molecule has 2 aromatic rings. The van der Waals surface area contributed by atoms with Crippen LogP contribution in [0.3, 0.4) is 0 Å². The average Bonchev–Trinajstić information content (AvgIpc) is 3.53. The van der Waals surface area contributed by atoms with Crippen molar-refractivity contribution in [2.45, 2.75) is 31.9 Å². The Bertz CT molecular complexity index is 1100. The number of hydrogen-bond donors (Lipinski definition) is 2. The van der Waals surface area contributed by atoms with E-state index in [1.54, 1.807) is 25.1 Å². The molecule has 1 aromatic heterocycles. The number of pyridine rings is 1. The van der Waals surface area contributed by atoms with Gasteiger partial charge < -0.3 is 15.4 Å². The van der Waals surface area contributed by atoms with Crippen LogP contribution in [0.15, 0.2) is 36.2 Å². The highest BCUT2D eigenvalue weighted by Gasteiger charge is 2.39. The molecule has 1 fully saturated rings. The van der Waals surface area contributed by atoms with Crippen molar-refractivity contribution < 1.29 is 13.9 Å². The summed E-state index contributed by atoms with van der Waals surface area (Å²) in [5.74, 6) is 0.0134. The van der Waals surface area contributed by atoms with Crippen molar-refractivity contribution in [2.75, 3.05) is 26.4 Å². The van der Waals surface area contributed by atoms with Gasteiger partial charge in [0, 0.05) is 43.0 Å². The number of nitrogen functional groups attached to an aromatic ring is 1. The van der Waals surface area contributed by atoms with E-state index in [0.717, 1.165) is 29.8 Å². The predicted molar refractivity (Wildman–Crippen MR) is 114 cm³/mol. The first-order valence-electron chi connectivity index (χ1n) is 10.3. The lowest BCUT2D eigenvalue weighted by molar-refractivity contribution is 0.0785. The molecular formula is C22H25FN6O2. The third kappa shape index (κ3) is 3.34. The van der Waals surface area contributed by atoms with Crippen LogP contribution in [0.5, 0.6) is 5.75 Å². The van der Waals surface area contributed by atoms with Gasteiger partial charge in [-0.05, 0) is 44.0 Å². The van der Waals surface area contributed by atoms with Gasteiger partial charge in [-0.2, -0.15) is 0 Å². The van der Waals surface area contributed by atoms with E-state index in [4.69, 9.17) is 10.5 Å². The lowest BCUT2D eigenvalue weighted by atomic mass is 10.0. The molecule has 3 aliphatic rings. The number of halogens is 1. The van der Waals surface area contributed by atoms with E-state index in [0.29, 0.717) is 29.5 Å². The number of likely N-dealkylation sites (N-methyl/N-ethyl adjacent to an activating group) is 2. The molecule has 2 aliphatic heterocycles. The van der Waals surface area contributed by atoms with Crippen molar-refractivity contribution in [3.63, 3.8) is 0 Å². The van der Waals surface area contributed by atoms with E-state index in [-0.39, 0.29) is 11.7 Å². The minimum Gasteiger partial charge on any atom is -0.482 e. The lowest BCUT2D eigenvalue weighted by Crippen LogP contribution is -2.41. The van der Waals surface area contributed by atoms with E-state index in [1.807, 2.05) is 18.1 Å². The van der Waals surface area contributed by atoms with Gasteiger partial charge in [0.1, 0.15) is 11.9 Å². The molecule has 1 aromatic carbocycles. The number of fused-ring (bicyclic) bond motifs is 4. The second-order valence-electron chi connectivity index (χ2n) is 8.32. The second kappa shape index (κ2) is 7.12. The van der Waals surface area contributed by atoms with Gasteiger partial charge in [0.05, 0.1) is 17.9 Å². The first-order valence-corrected chi connectivity index (χ1v) is 10.3. The van der Waals surface area contributed by atoms with Crippen molar-refractivity contribution >= 4 is 17.4 Å². The maximum Gasteiger partial charge on any atom is 0.254 e. The summed E-state index contributed by atoms with van der Waals surface area (Å²) in [4.78, 5) is 19.3. The maximum atomic E-state index is 14.1. The highest BCUT2D eigenvalue weighted by atomic mass is 19.1. The van der Waals surface area contributed by atoms with Crippen LogP contribution in [0.1, 0.15) is 47.4 Å². The molecule has 1 saturated carbocycles. The second-order valence-corrected chi connectivity index (χ2v) is 8.32. The van der Waals surface area contributed by atoms with Crippen LogP contribution in [0.2, 0.25) is 0 Å². The number of aromatic nitrogens is 1. The average molecular weight is 424 g/mol. The van der Waals surface area contributed by atoms with Gasteiger partial charge in [0.15, 0.2) is 11.6 Å². The zero-order valence-corrected chi connectivity index (χ0v) is 17.7. The molecule has 3 heterocycles. The Hall–Kier alpha value is -3.33. The van der Waals surface area contributed by atoms with E-state index in [1.165, 1.54) is 18.2 Å². The summed E-state index contributed by atoms with van der Waals surface area (Å²) in [5, 5.41) is 4.05. The summed E-state index contributed by atoms with van der Waals surface area (Å²) < 4.78 is 20.2. The topological polar surface area (TPSA) is 87.0 Å². The first kappa shape index (κ1) is 19.6. The Balaban J connectivity index is 1.70. The molecule has 1 atom stereocenters. The van der Waals surface area contributed by atoms with Crippen LogP contribution in [0, 0.1) is 5.82 Å². The molecule has 0 spiro atoms. The number of amides is 1. The van der Waals surface area contributed by atoms with Crippen molar-refractivity contribution in [1.29, 1.82) is 0 Å². The number of ether oxygens (including phenoxy) is 1. The molecule has 9 heteroatoms. The molecule has 162 valence electrons. The SMILES string of the molecule is C[C@H]1Oc2cc(cnc2N)C2=C(CN(C)C(=O)c3ccc(F)cc31)N(C)NN2C1CC1. The quantitative estimate of drug-likeness (QED) is 0.727. The first-order chi connectivity index (χ1) is 14.8. The number of hydrazine groups is 2. The minimum atomic E-state index is -0.598. The molecular weight excluding hydrogens is 399 g/mol. The normalized spacial score (nSPS) is 21.4. The van der Waals surface area contributed by atoms with Crippen LogP contribution in [0.4, 0.5) is 10.2 Å². The molecule has 31 heavy (non-hydrogen) atoms. The standard InChI is InChI=1S/C22H25FN6O2/c1-12-17-9-14(23)4-7-16(17)22(30)27(2)11-18-20(29(15-5-6-15)26-28(18)3)13-8-19(31-12)21(24)25-10-13/h4,7-10,12,15,26H,5-6,11H2,1-3H3,(H2,24,25)/t12-/m1/s1. The number of hydrogen-bond acceptors (Lipinski definition) is 7. The molecule has 1 amide bonds. The van der Waals surface area contributed by atoms with Crippen LogP contribution in [-0.2, 0) is 0 Å². The monoisotopic (exact) mass is 424 g/mol. The van der Waals surface area contributed by atoms with E-state index >= 15 is 0 Å². The smallest absolute Gasteiger partial charge is 0.254 e. The third-order valence-corrected chi connectivity index (χ3v) is 5.96. The van der Waals surface area contributed by atoms with Crippen molar-refractivity contribution in [1.82, 2.24) is 25.4 Å². The fraction of sp³-hybridized carbons (Fsp3) is 0.364. The maximum absolute atomic E-state index is 14.1. The summed E-state index contributed by atoms with van der Waals surface area (Å²) in [5.41, 5.74) is 13.1. The van der Waals surface area contributed by atoms with Gasteiger partial charge in [-0.1, -0.05) is 0 Å². The molecule has 8 nitrogen and oxygen atoms in total. The Morgan fingerprint density at radius 2 is 2.03 bits per heavy atom. The molecule has 0 radical (unpaired) electrons. The van der Waals surface area contributed by atoms with Gasteiger partial charge >= 0.3 is 0 Å². The van der Waals surface area contributed by atoms with Gasteiger partial charge in [-0.3, -0.25) is 14.8 Å². The van der Waals surface area contributed by atoms with Crippen LogP contribution in [-0.4, -0.2) is 52.5 Å². The van der Waals surface area contributed by atoms with Gasteiger partial charge in [0.2, 0.25) is 0 Å². The van der Waals surface area contributed by atoms with Crippen LogP contribution < -0.4 is 16.0 Å². The van der Waals surface area contributed by atoms with Crippen molar-refractivity contribution in [3.05, 3.63) is 58.7 Å². The van der Waals surface area contributed by atoms with Crippen LogP contribution >= 0.6 is 0 Å². The third-order valence-electron chi connectivity index (χ3n) is 5.96. The Labute approximate surface area is 180 Å². The molecule has 2 bridgehead atoms. The Morgan fingerprint density at radius 3 is 2.77 bits per heavy atom. The van der Waals surface area contributed by atoms with E-state index < -0.39 is 11.9 Å². The Kier molecular flexibility index (Phi) is 4.51. The summed E-state index contributed by atoms with van der Waals surface area (Å²) in [6.07, 6.45) is 3.31. The van der Waals surface area contributed by atoms with Crippen molar-refractivity contribution in [3.8, 4) is 5.75 Å². The molecule has 0 saturated heterocycles. The largest absolute Gasteiger partial charge is 0.482 e. The predicted octanol–water partition coefficient (Wildman–Crippen LogP) is 2.53. The zero-order valence-electron chi connectivity index (χ0n) is 17.7. The number of carbonyl (C=O) groups is 1. The minimum absolute atomic E-state index is 0.203. The van der Waals surface area contributed by atoms with Crippen molar-refractivity contribution in [2.24, 2.45) is 0 Å². The number of rotatable bonds is 1. The van der Waals surface area contributed by atoms with Gasteiger partial charge in [-0.25, -0.2) is 9.37 Å². The van der Waals surface area contributed by atoms with Gasteiger partial charge in [-0.15, -0.1) is 5.53 Å². The van der Waals surface area contributed by atoms with Crippen LogP contribution in [0.25, 0.3) is 5.70 Å².